The second kappa shape index (κ2) is 3.43. The van der Waals surface area contributed by atoms with Crippen molar-refractivity contribution in [3.8, 4) is 0 Å². The summed E-state index contributed by atoms with van der Waals surface area (Å²) in [5, 5.41) is 0.0407. The fourth-order valence-electron chi connectivity index (χ4n) is 0.246. The zero-order chi connectivity index (χ0) is 7.49. The zero-order valence-corrected chi connectivity index (χ0v) is 7.59. The largest absolute Gasteiger partial charge is 0.323 e. The molecule has 0 aliphatic rings. The van der Waals surface area contributed by atoms with Crippen LogP contribution < -0.4 is 0 Å². The van der Waals surface area contributed by atoms with Crippen molar-refractivity contribution < 1.29 is 9.36 Å². The maximum Gasteiger partial charge on any atom is 0.186 e. The first-order valence-electron chi connectivity index (χ1n) is 2.59. The molecule has 0 radical (unpaired) electrons. The van der Waals surface area contributed by atoms with Gasteiger partial charge in [0, 0.05) is 6.92 Å². The summed E-state index contributed by atoms with van der Waals surface area (Å²) in [5.41, 5.74) is 0.475. The van der Waals surface area contributed by atoms with Gasteiger partial charge in [-0.3, -0.25) is 4.79 Å². The Kier molecular flexibility index (Phi) is 3.52. The predicted molar refractivity (Wildman–Crippen MR) is 42.6 cm³/mol. The van der Waals surface area contributed by atoms with Gasteiger partial charge in [0.05, 0.1) is 12.6 Å². The average Bonchev–Trinajstić information content (AvgIpc) is 1.59. The van der Waals surface area contributed by atoms with E-state index in [1.54, 1.807) is 13.3 Å². The summed E-state index contributed by atoms with van der Waals surface area (Å²) in [6.07, 6.45) is 0. The van der Waals surface area contributed by atoms with E-state index >= 15 is 0 Å². The zero-order valence-electron chi connectivity index (χ0n) is 5.88. The molecule has 2 nitrogen and oxygen atoms in total. The molecule has 0 aromatic carbocycles. The number of rotatable bonds is 2. The molecule has 0 saturated heterocycles. The lowest BCUT2D eigenvalue weighted by Crippen LogP contribution is -1.85. The van der Waals surface area contributed by atoms with Crippen molar-refractivity contribution in [3.05, 3.63) is 0 Å². The second-order valence-electron chi connectivity index (χ2n) is 2.34. The van der Waals surface area contributed by atoms with Crippen molar-refractivity contribution in [2.24, 2.45) is 0 Å². The third-order valence-electron chi connectivity index (χ3n) is 0.579. The van der Waals surface area contributed by atoms with Crippen LogP contribution in [0.5, 0.6) is 0 Å². The molecule has 0 heterocycles. The molecule has 0 bridgehead atoms. The maximum absolute atomic E-state index is 10.9. The molecule has 0 N–H and O–H groups in total. The molecule has 0 aromatic rings. The van der Waals surface area contributed by atoms with Crippen LogP contribution in [0.25, 0.3) is 0 Å². The molecule has 0 aliphatic carbocycles. The first-order valence-corrected chi connectivity index (χ1v) is 6.36. The fraction of sp³-hybridized carbons (Fsp3) is 0.800. The minimum absolute atomic E-state index is 0.0407. The molecule has 0 fully saturated rings. The Morgan fingerprint density at radius 3 is 2.11 bits per heavy atom. The highest BCUT2D eigenvalue weighted by Crippen LogP contribution is 2.39. The van der Waals surface area contributed by atoms with E-state index in [1.807, 2.05) is 0 Å². The summed E-state index contributed by atoms with van der Waals surface area (Å²) in [4.78, 5) is 10.3. The maximum atomic E-state index is 10.9. The lowest BCUT2D eigenvalue weighted by Gasteiger charge is -2.01. The van der Waals surface area contributed by atoms with Gasteiger partial charge in [0.2, 0.25) is 0 Å². The monoisotopic (exact) mass is 166 g/mol. The Balaban J connectivity index is 3.53. The highest BCUT2D eigenvalue weighted by atomic mass is 32.2. The van der Waals surface area contributed by atoms with Gasteiger partial charge < -0.3 is 4.57 Å². The van der Waals surface area contributed by atoms with Crippen molar-refractivity contribution in [3.63, 3.8) is 0 Å². The number of carbonyl (C=O) groups is 1. The molecule has 4 heteroatoms. The first kappa shape index (κ1) is 9.25. The Bertz CT molecular complexity index is 149. The molecular formula is C5H11O2PS. The summed E-state index contributed by atoms with van der Waals surface area (Å²) in [6.45, 7) is 4.85. The summed E-state index contributed by atoms with van der Waals surface area (Å²) in [6, 6.07) is 0. The van der Waals surface area contributed by atoms with Crippen LogP contribution in [-0.4, -0.2) is 23.9 Å². The summed E-state index contributed by atoms with van der Waals surface area (Å²) < 4.78 is 10.9. The highest BCUT2D eigenvalue weighted by Gasteiger charge is 2.07. The highest BCUT2D eigenvalue weighted by molar-refractivity contribution is 8.17. The minimum atomic E-state index is -1.98. The van der Waals surface area contributed by atoms with Crippen LogP contribution in [0.15, 0.2) is 0 Å². The summed E-state index contributed by atoms with van der Waals surface area (Å²) >= 11 is 1.14. The van der Waals surface area contributed by atoms with Gasteiger partial charge >= 0.3 is 0 Å². The molecule has 0 aliphatic heterocycles. The van der Waals surface area contributed by atoms with Crippen LogP contribution in [0.2, 0.25) is 0 Å². The van der Waals surface area contributed by atoms with Gasteiger partial charge in [-0.15, -0.1) is 0 Å². The van der Waals surface area contributed by atoms with Gasteiger partial charge in [-0.25, -0.2) is 0 Å². The van der Waals surface area contributed by atoms with Crippen molar-refractivity contribution in [1.82, 2.24) is 0 Å². The molecule has 54 valence electrons. The molecule has 0 saturated carbocycles. The molecule has 0 amide bonds. The molecule has 0 unspecified atom stereocenters. The van der Waals surface area contributed by atoms with Crippen LogP contribution in [0, 0.1) is 0 Å². The van der Waals surface area contributed by atoms with E-state index in [0.29, 0.717) is 5.49 Å². The second-order valence-corrected chi connectivity index (χ2v) is 7.38. The summed E-state index contributed by atoms with van der Waals surface area (Å²) in [7, 11) is -1.98. The third-order valence-corrected chi connectivity index (χ3v) is 3.99. The van der Waals surface area contributed by atoms with Crippen LogP contribution >= 0.6 is 18.9 Å². The first-order chi connectivity index (χ1) is 3.92. The Hall–Kier alpha value is 0.250. The minimum Gasteiger partial charge on any atom is -0.323 e. The molecule has 0 spiro atoms. The van der Waals surface area contributed by atoms with Crippen LogP contribution in [0.4, 0.5) is 0 Å². The van der Waals surface area contributed by atoms with E-state index < -0.39 is 7.14 Å². The van der Waals surface area contributed by atoms with E-state index in [0.717, 1.165) is 11.8 Å². The Morgan fingerprint density at radius 2 is 2.00 bits per heavy atom. The van der Waals surface area contributed by atoms with Gasteiger partial charge in [0.25, 0.3) is 0 Å². The normalized spacial score (nSPS) is 11.4. The molecule has 0 rings (SSSR count). The SMILES string of the molecule is CC(=O)SCP(C)(C)=O. The predicted octanol–water partition coefficient (Wildman–Crippen LogP) is 1.85. The average molecular weight is 166 g/mol. The quantitative estimate of drug-likeness (QED) is 0.587. The van der Waals surface area contributed by atoms with E-state index in [4.69, 9.17) is 0 Å². The standard InChI is InChI=1S/C5H11O2PS/c1-5(6)9-4-8(2,3)7/h4H2,1-3H3. The van der Waals surface area contributed by atoms with Crippen LogP contribution in [0.3, 0.4) is 0 Å². The van der Waals surface area contributed by atoms with E-state index in [9.17, 15) is 9.36 Å². The number of thioether (sulfide) groups is 1. The van der Waals surface area contributed by atoms with Gasteiger partial charge in [-0.1, -0.05) is 11.8 Å². The van der Waals surface area contributed by atoms with E-state index in [-0.39, 0.29) is 5.12 Å². The topological polar surface area (TPSA) is 34.1 Å². The van der Waals surface area contributed by atoms with Gasteiger partial charge in [-0.2, -0.15) is 0 Å². The third kappa shape index (κ3) is 8.25. The van der Waals surface area contributed by atoms with Crippen molar-refractivity contribution in [2.45, 2.75) is 6.92 Å². The lowest BCUT2D eigenvalue weighted by atomic mass is 10.9. The molecule has 0 aromatic heterocycles. The number of hydrogen-bond acceptors (Lipinski definition) is 3. The van der Waals surface area contributed by atoms with Crippen molar-refractivity contribution in [2.75, 3.05) is 18.8 Å². The lowest BCUT2D eigenvalue weighted by molar-refractivity contribution is -0.109. The molecular weight excluding hydrogens is 155 g/mol. The van der Waals surface area contributed by atoms with Crippen molar-refractivity contribution in [1.29, 1.82) is 0 Å². The van der Waals surface area contributed by atoms with E-state index in [1.165, 1.54) is 6.92 Å². The van der Waals surface area contributed by atoms with E-state index in [2.05, 4.69) is 0 Å². The molecule has 9 heavy (non-hydrogen) atoms. The van der Waals surface area contributed by atoms with Crippen LogP contribution in [-0.2, 0) is 9.36 Å². The number of hydrogen-bond donors (Lipinski definition) is 0. The van der Waals surface area contributed by atoms with Crippen molar-refractivity contribution >= 4 is 24.0 Å². The molecule has 0 atom stereocenters. The van der Waals surface area contributed by atoms with Gasteiger partial charge in [-0.05, 0) is 13.3 Å². The summed E-state index contributed by atoms with van der Waals surface area (Å²) in [5.74, 6) is 0. The number of carbonyl (C=O) groups excluding carboxylic acids is 1. The smallest absolute Gasteiger partial charge is 0.186 e. The van der Waals surface area contributed by atoms with Gasteiger partial charge in [0.15, 0.2) is 5.12 Å². The fourth-order valence-corrected chi connectivity index (χ4v) is 2.22. The Labute approximate surface area is 59.8 Å². The van der Waals surface area contributed by atoms with Gasteiger partial charge in [0.1, 0.15) is 0 Å². The Morgan fingerprint density at radius 1 is 1.56 bits per heavy atom. The van der Waals surface area contributed by atoms with Crippen LogP contribution in [0.1, 0.15) is 6.92 Å².